The molecule has 4 aromatic carbocycles. The summed E-state index contributed by atoms with van der Waals surface area (Å²) in [5, 5.41) is 61.9. The molecule has 214 valence electrons. The Morgan fingerprint density at radius 3 is 2.52 bits per heavy atom. The van der Waals surface area contributed by atoms with Crippen molar-refractivity contribution in [2.45, 2.75) is 49.2 Å². The van der Waals surface area contributed by atoms with E-state index < -0.39 is 48.3 Å². The first kappa shape index (κ1) is 25.5. The van der Waals surface area contributed by atoms with E-state index in [1.54, 1.807) is 0 Å². The number of fused-ring (bicyclic) bond motifs is 3. The molecule has 0 unspecified atom stereocenters. The number of aromatic amines is 1. The minimum absolute atomic E-state index is 0.00999. The van der Waals surface area contributed by atoms with Crippen molar-refractivity contribution >= 4 is 49.4 Å². The topological polar surface area (TPSA) is 186 Å². The van der Waals surface area contributed by atoms with Gasteiger partial charge in [-0.3, -0.25) is 14.3 Å². The fourth-order valence-corrected chi connectivity index (χ4v) is 6.75. The van der Waals surface area contributed by atoms with Gasteiger partial charge >= 0.3 is 0 Å². The molecule has 0 amide bonds. The Kier molecular flexibility index (Phi) is 5.57. The second kappa shape index (κ2) is 9.16. The lowest BCUT2D eigenvalue weighted by atomic mass is 9.77. The Balaban J connectivity index is 1.29. The number of aliphatic hydroxyl groups is 5. The Bertz CT molecular complexity index is 2040. The third kappa shape index (κ3) is 3.54. The molecule has 12 heteroatoms. The molecular formula is C30H27N5O7. The maximum atomic E-state index is 13.0. The molecule has 12 nitrogen and oxygen atoms in total. The van der Waals surface area contributed by atoms with E-state index in [9.17, 15) is 30.3 Å². The van der Waals surface area contributed by atoms with Crippen LogP contribution in [-0.2, 0) is 4.74 Å². The zero-order valence-corrected chi connectivity index (χ0v) is 22.0. The molecule has 8 rings (SSSR count). The molecule has 0 radical (unpaired) electrons. The molecule has 3 heterocycles. The highest BCUT2D eigenvalue weighted by molar-refractivity contribution is 6.24. The number of nitrogens with one attached hydrogen (secondary N) is 2. The lowest BCUT2D eigenvalue weighted by Gasteiger charge is -2.38. The van der Waals surface area contributed by atoms with Gasteiger partial charge in [-0.15, -0.1) is 0 Å². The van der Waals surface area contributed by atoms with Crippen molar-refractivity contribution in [2.75, 3.05) is 11.9 Å². The van der Waals surface area contributed by atoms with Crippen molar-refractivity contribution < 1.29 is 30.3 Å². The third-order valence-electron chi connectivity index (χ3n) is 8.78. The van der Waals surface area contributed by atoms with E-state index in [0.717, 1.165) is 32.3 Å². The van der Waals surface area contributed by atoms with Crippen LogP contribution in [0, 0.1) is 0 Å². The number of anilines is 1. The number of aliphatic hydroxyl groups excluding tert-OH is 5. The molecule has 2 aromatic heterocycles. The largest absolute Gasteiger partial charge is 0.394 e. The first-order chi connectivity index (χ1) is 20.3. The van der Waals surface area contributed by atoms with E-state index >= 15 is 0 Å². The summed E-state index contributed by atoms with van der Waals surface area (Å²) >= 11 is 0. The highest BCUT2D eigenvalue weighted by Crippen LogP contribution is 2.46. The number of benzene rings is 4. The van der Waals surface area contributed by atoms with Crippen LogP contribution in [0.1, 0.15) is 35.9 Å². The van der Waals surface area contributed by atoms with Crippen molar-refractivity contribution in [3.63, 3.8) is 0 Å². The fraction of sp³-hybridized carbons (Fsp3) is 0.300. The van der Waals surface area contributed by atoms with Crippen LogP contribution in [-0.4, -0.2) is 76.1 Å². The van der Waals surface area contributed by atoms with E-state index in [-0.39, 0.29) is 30.1 Å². The molecule has 0 bridgehead atoms. The number of aromatic nitrogens is 4. The number of hydrogen-bond donors (Lipinski definition) is 7. The first-order valence-electron chi connectivity index (χ1n) is 13.8. The molecule has 0 saturated carbocycles. The molecule has 1 saturated heterocycles. The second-order valence-corrected chi connectivity index (χ2v) is 11.1. The smallest absolute Gasteiger partial charge is 0.280 e. The van der Waals surface area contributed by atoms with Gasteiger partial charge in [-0.05, 0) is 49.5 Å². The highest BCUT2D eigenvalue weighted by Gasteiger charge is 2.42. The van der Waals surface area contributed by atoms with Gasteiger partial charge in [0.25, 0.3) is 5.56 Å². The van der Waals surface area contributed by atoms with Crippen molar-refractivity contribution in [1.82, 2.24) is 19.5 Å². The SMILES string of the molecule is O=c1[nH]c(N[C@@H]2c3c(cc4ccc5cccc6ccc3c4c56)[C@@H](O)[C@H](O)[C@H]2O)nc2c1ncn2[C@H]1C[C@H](O)[C@@H](CO)O1. The summed E-state index contributed by atoms with van der Waals surface area (Å²) in [5.74, 6) is 0.00999. The fourth-order valence-electron chi connectivity index (χ4n) is 6.75. The molecule has 0 spiro atoms. The number of hydrogen-bond acceptors (Lipinski definition) is 10. The average molecular weight is 570 g/mol. The average Bonchev–Trinajstić information content (AvgIpc) is 3.59. The van der Waals surface area contributed by atoms with Crippen LogP contribution < -0.4 is 10.9 Å². The summed E-state index contributed by atoms with van der Waals surface area (Å²) in [6.45, 7) is -0.361. The minimum atomic E-state index is -1.51. The molecule has 1 fully saturated rings. The second-order valence-electron chi connectivity index (χ2n) is 11.1. The van der Waals surface area contributed by atoms with Gasteiger partial charge in [0.2, 0.25) is 5.95 Å². The lowest BCUT2D eigenvalue weighted by Crippen LogP contribution is -2.44. The Morgan fingerprint density at radius 1 is 1.00 bits per heavy atom. The summed E-state index contributed by atoms with van der Waals surface area (Å²) in [6, 6.07) is 14.9. The molecule has 7 atom stereocenters. The van der Waals surface area contributed by atoms with Crippen LogP contribution in [0.4, 0.5) is 5.95 Å². The van der Waals surface area contributed by atoms with Gasteiger partial charge in [0.05, 0.1) is 25.1 Å². The van der Waals surface area contributed by atoms with Gasteiger partial charge in [-0.1, -0.05) is 42.5 Å². The molecule has 2 aliphatic rings. The number of ether oxygens (including phenoxy) is 1. The van der Waals surface area contributed by atoms with E-state index in [1.807, 2.05) is 48.5 Å². The van der Waals surface area contributed by atoms with Gasteiger partial charge in [0.1, 0.15) is 30.6 Å². The van der Waals surface area contributed by atoms with Crippen LogP contribution >= 0.6 is 0 Å². The van der Waals surface area contributed by atoms with E-state index in [1.165, 1.54) is 10.9 Å². The Hall–Kier alpha value is -4.17. The molecule has 6 aromatic rings. The van der Waals surface area contributed by atoms with Crippen LogP contribution in [0.25, 0.3) is 43.5 Å². The zero-order valence-electron chi connectivity index (χ0n) is 22.0. The first-order valence-corrected chi connectivity index (χ1v) is 13.8. The van der Waals surface area contributed by atoms with Gasteiger partial charge in [-0.2, -0.15) is 4.98 Å². The Morgan fingerprint density at radius 2 is 1.76 bits per heavy atom. The maximum absolute atomic E-state index is 13.0. The summed E-state index contributed by atoms with van der Waals surface area (Å²) in [4.78, 5) is 24.5. The van der Waals surface area contributed by atoms with Gasteiger partial charge in [0.15, 0.2) is 11.2 Å². The number of nitrogens with zero attached hydrogens (tertiary/aromatic N) is 3. The van der Waals surface area contributed by atoms with Crippen LogP contribution in [0.2, 0.25) is 0 Å². The number of imidazole rings is 1. The summed E-state index contributed by atoms with van der Waals surface area (Å²) < 4.78 is 7.27. The molecule has 1 aliphatic carbocycles. The quantitative estimate of drug-likeness (QED) is 0.154. The summed E-state index contributed by atoms with van der Waals surface area (Å²) in [6.07, 6.45) is -5.10. The molecule has 7 N–H and O–H groups in total. The van der Waals surface area contributed by atoms with Gasteiger partial charge in [-0.25, -0.2) is 4.98 Å². The maximum Gasteiger partial charge on any atom is 0.280 e. The predicted molar refractivity (Wildman–Crippen MR) is 153 cm³/mol. The monoisotopic (exact) mass is 569 g/mol. The van der Waals surface area contributed by atoms with E-state index in [4.69, 9.17) is 4.74 Å². The standard InChI is InChI=1S/C30H27N5O7/c36-10-18-17(37)9-19(42-18)35-11-31-24-28(35)33-30(34-29(24)41)32-23-22-15-7-6-13-3-1-2-12-4-5-14(21(15)20(12)13)8-16(22)25(38)27(40)26(23)39/h1-8,11,17-19,23,25-27,36-40H,9-10H2,(H2,32,33,34,41)/t17-,18+,19+,23+,25+,26-,27-/m0/s1. The normalized spacial score (nSPS) is 27.9. The molecular weight excluding hydrogens is 542 g/mol. The molecule has 42 heavy (non-hydrogen) atoms. The summed E-state index contributed by atoms with van der Waals surface area (Å²) in [7, 11) is 0. The highest BCUT2D eigenvalue weighted by atomic mass is 16.5. The van der Waals surface area contributed by atoms with Crippen molar-refractivity contribution in [3.05, 3.63) is 76.3 Å². The third-order valence-corrected chi connectivity index (χ3v) is 8.78. The van der Waals surface area contributed by atoms with E-state index in [2.05, 4.69) is 20.3 Å². The zero-order chi connectivity index (χ0) is 28.9. The van der Waals surface area contributed by atoms with Crippen LogP contribution in [0.5, 0.6) is 0 Å². The van der Waals surface area contributed by atoms with E-state index in [0.29, 0.717) is 11.1 Å². The minimum Gasteiger partial charge on any atom is -0.394 e. The number of rotatable bonds is 4. The number of H-pyrrole nitrogens is 1. The van der Waals surface area contributed by atoms with Gasteiger partial charge in [0, 0.05) is 6.42 Å². The molecule has 1 aliphatic heterocycles. The van der Waals surface area contributed by atoms with Crippen molar-refractivity contribution in [2.24, 2.45) is 0 Å². The van der Waals surface area contributed by atoms with Crippen molar-refractivity contribution in [1.29, 1.82) is 0 Å². The summed E-state index contributed by atoms with van der Waals surface area (Å²) in [5.41, 5.74) is 0.746. The predicted octanol–water partition coefficient (Wildman–Crippen LogP) is 1.58. The van der Waals surface area contributed by atoms with Crippen LogP contribution in [0.15, 0.2) is 59.7 Å². The van der Waals surface area contributed by atoms with Crippen LogP contribution in [0.3, 0.4) is 0 Å². The Labute approximate surface area is 236 Å². The lowest BCUT2D eigenvalue weighted by molar-refractivity contribution is -0.0767. The van der Waals surface area contributed by atoms with Crippen molar-refractivity contribution in [3.8, 4) is 0 Å². The van der Waals surface area contributed by atoms with Gasteiger partial charge < -0.3 is 35.6 Å².